The van der Waals surface area contributed by atoms with E-state index in [1.165, 1.54) is 12.8 Å². The topological polar surface area (TPSA) is 142 Å². The van der Waals surface area contributed by atoms with Crippen LogP contribution in [0.15, 0.2) is 97.1 Å². The van der Waals surface area contributed by atoms with E-state index >= 15 is 0 Å². The fourth-order valence-corrected chi connectivity index (χ4v) is 11.4. The van der Waals surface area contributed by atoms with Crippen molar-refractivity contribution in [1.82, 2.24) is 5.32 Å². The predicted molar refractivity (Wildman–Crippen MR) is 341 cm³/mol. The Labute approximate surface area is 509 Å². The highest BCUT2D eigenvalue weighted by Crippen LogP contribution is 2.40. The van der Waals surface area contributed by atoms with Gasteiger partial charge in [-0.3, -0.25) is 14.4 Å². The number of carbonyl (C=O) groups is 3. The zero-order chi connectivity index (χ0) is 61.0. The molecule has 0 aromatic heterocycles. The molecule has 84 heavy (non-hydrogen) atoms. The molecule has 4 aromatic carbocycles. The molecule has 0 bridgehead atoms. The SMILES string of the molecule is CCOC(=O)C1CCNCC1.[C-]#[N+]c1ccccc1N1CCC(C(=O)OCC)CC1.[C-]#[N+]c1ccccc1N1CCC(C)(C(=O)OCC)CC1.[C-]#[N+]c1ccccc1N1CCC(C)(CBr)CC1.[C-]#[N+]c1ccccc1N1CCC(C)(CO)CC1. The molecule has 16 nitrogen and oxygen atoms in total. The molecule has 5 heterocycles. The summed E-state index contributed by atoms with van der Waals surface area (Å²) in [6, 6.07) is 30.9. The Hall–Kier alpha value is -7.15. The molecule has 0 unspecified atom stereocenters. The number of aliphatic hydroxyl groups excluding tert-OH is 1. The molecule has 5 aliphatic heterocycles. The summed E-state index contributed by atoms with van der Waals surface area (Å²) in [7, 11) is 0. The van der Waals surface area contributed by atoms with Crippen molar-refractivity contribution in [3.8, 4) is 0 Å². The third-order valence-corrected chi connectivity index (χ3v) is 18.1. The Morgan fingerprint density at radius 2 is 0.810 bits per heavy atom. The van der Waals surface area contributed by atoms with Gasteiger partial charge in [-0.15, -0.1) is 0 Å². The number of aliphatic hydroxyl groups is 1. The highest BCUT2D eigenvalue weighted by molar-refractivity contribution is 9.09. The molecule has 0 atom stereocenters. The molecule has 2 N–H and O–H groups in total. The van der Waals surface area contributed by atoms with Gasteiger partial charge in [-0.25, -0.2) is 19.4 Å². The van der Waals surface area contributed by atoms with Crippen LogP contribution in [0, 0.1) is 54.4 Å². The molecular weight excluding hydrogens is 1120 g/mol. The van der Waals surface area contributed by atoms with Gasteiger partial charge in [0.15, 0.2) is 0 Å². The van der Waals surface area contributed by atoms with Crippen LogP contribution in [-0.4, -0.2) is 120 Å². The van der Waals surface area contributed by atoms with Gasteiger partial charge in [0.25, 0.3) is 0 Å². The first kappa shape index (κ1) is 67.6. The van der Waals surface area contributed by atoms with Crippen LogP contribution in [0.5, 0.6) is 0 Å². The number of carbonyl (C=O) groups excluding carboxylic acids is 3. The zero-order valence-corrected chi connectivity index (χ0v) is 52.0. The molecule has 17 heteroatoms. The van der Waals surface area contributed by atoms with Crippen LogP contribution in [0.4, 0.5) is 45.5 Å². The Bertz CT molecular complexity index is 2790. The molecular formula is C67H88BrN9O7. The lowest BCUT2D eigenvalue weighted by Gasteiger charge is -2.40. The largest absolute Gasteiger partial charge is 0.466 e. The number of halogens is 1. The number of para-hydroxylation sites is 8. The number of esters is 3. The highest BCUT2D eigenvalue weighted by Gasteiger charge is 2.39. The van der Waals surface area contributed by atoms with E-state index in [4.69, 9.17) is 40.5 Å². The van der Waals surface area contributed by atoms with Crippen molar-refractivity contribution in [1.29, 1.82) is 0 Å². The Morgan fingerprint density at radius 3 is 1.13 bits per heavy atom. The maximum absolute atomic E-state index is 12.0. The zero-order valence-electron chi connectivity index (χ0n) is 50.4. The maximum atomic E-state index is 12.0. The number of piperidine rings is 5. The number of hydrogen-bond donors (Lipinski definition) is 2. The van der Waals surface area contributed by atoms with Crippen LogP contribution in [-0.2, 0) is 28.6 Å². The molecule has 0 saturated carbocycles. The molecule has 4 aromatic rings. The molecule has 0 aliphatic carbocycles. The van der Waals surface area contributed by atoms with Crippen LogP contribution in [0.3, 0.4) is 0 Å². The van der Waals surface area contributed by atoms with Gasteiger partial charge in [0.2, 0.25) is 22.7 Å². The monoisotopic (exact) mass is 1210 g/mol. The minimum Gasteiger partial charge on any atom is -0.466 e. The summed E-state index contributed by atoms with van der Waals surface area (Å²) in [5.41, 5.74) is 7.00. The van der Waals surface area contributed by atoms with Gasteiger partial charge in [0.1, 0.15) is 0 Å². The first-order valence-electron chi connectivity index (χ1n) is 29.8. The Kier molecular flexibility index (Phi) is 27.8. The first-order valence-corrected chi connectivity index (χ1v) is 30.9. The third kappa shape index (κ3) is 19.7. The second kappa shape index (κ2) is 34.6. The van der Waals surface area contributed by atoms with E-state index in [-0.39, 0.29) is 47.2 Å². The van der Waals surface area contributed by atoms with Crippen LogP contribution < -0.4 is 24.9 Å². The molecule has 5 saturated heterocycles. The molecule has 0 radical (unpaired) electrons. The third-order valence-electron chi connectivity index (χ3n) is 16.7. The standard InChI is InChI=1S/C16H20N2O2.C15H18N2O2.C14H17BrN2.C14H18N2O.C8H15NO2/c1-4-20-15(19)16(2)9-11-18(12-10-16)14-8-6-5-7-13(14)17-3;1-3-19-15(18)12-8-10-17(11-9-12)14-7-5-4-6-13(14)16-2;1-14(11-15)7-9-17(10-8-14)13-6-4-3-5-12(13)16-2;1-14(11-17)7-9-16(10-8-14)13-6-4-3-5-12(13)15-2;1-2-11-8(10)7-3-5-9-6-4-7/h5-8H,4,9-12H2,1-2H3;4-7,12H,3,8-11H2,1H3;3-6H,7-11H2,1H3;3-6,17H,7-11H2,1H3;7,9H,2-6H2,1H3. The summed E-state index contributed by atoms with van der Waals surface area (Å²) < 4.78 is 15.1. The van der Waals surface area contributed by atoms with E-state index < -0.39 is 0 Å². The number of rotatable bonds is 12. The molecule has 0 spiro atoms. The lowest BCUT2D eigenvalue weighted by Crippen LogP contribution is -2.43. The van der Waals surface area contributed by atoms with Gasteiger partial charge >= 0.3 is 17.9 Å². The van der Waals surface area contributed by atoms with Gasteiger partial charge in [-0.05, 0) is 140 Å². The smallest absolute Gasteiger partial charge is 0.311 e. The van der Waals surface area contributed by atoms with E-state index in [0.717, 1.165) is 156 Å². The molecule has 450 valence electrons. The van der Waals surface area contributed by atoms with Gasteiger partial charge in [0, 0.05) is 87.0 Å². The minimum absolute atomic E-state index is 0.0105. The lowest BCUT2D eigenvalue weighted by molar-refractivity contribution is -0.155. The summed E-state index contributed by atoms with van der Waals surface area (Å²) in [6.45, 7) is 51.4. The van der Waals surface area contributed by atoms with Gasteiger partial charge < -0.3 is 44.2 Å². The van der Waals surface area contributed by atoms with Crippen molar-refractivity contribution in [3.63, 3.8) is 0 Å². The van der Waals surface area contributed by atoms with Crippen molar-refractivity contribution in [2.24, 2.45) is 28.1 Å². The number of ether oxygens (including phenoxy) is 3. The van der Waals surface area contributed by atoms with Crippen LogP contribution in [0.2, 0.25) is 0 Å². The van der Waals surface area contributed by atoms with Crippen molar-refractivity contribution >= 4 is 79.3 Å². The summed E-state index contributed by atoms with van der Waals surface area (Å²) in [5, 5.41) is 13.6. The quantitative estimate of drug-likeness (QED) is 0.0604. The Morgan fingerprint density at radius 1 is 0.500 bits per heavy atom. The van der Waals surface area contributed by atoms with E-state index in [1.807, 2.05) is 119 Å². The van der Waals surface area contributed by atoms with Crippen molar-refractivity contribution < 1.29 is 33.7 Å². The summed E-state index contributed by atoms with van der Waals surface area (Å²) in [4.78, 5) is 58.1. The second-order valence-corrected chi connectivity index (χ2v) is 23.4. The van der Waals surface area contributed by atoms with Gasteiger partial charge in [0.05, 0.1) is 63.4 Å². The lowest BCUT2D eigenvalue weighted by atomic mass is 9.80. The number of nitrogens with one attached hydrogen (secondary N) is 1. The number of nitrogens with zero attached hydrogens (tertiary/aromatic N) is 8. The fourth-order valence-electron chi connectivity index (χ4n) is 10.9. The normalized spacial score (nSPS) is 17.9. The number of anilines is 4. The van der Waals surface area contributed by atoms with E-state index in [9.17, 15) is 19.5 Å². The minimum atomic E-state index is -0.389. The number of hydrogen-bond acceptors (Lipinski definition) is 12. The van der Waals surface area contributed by atoms with E-state index in [2.05, 4.69) is 80.1 Å². The predicted octanol–water partition coefficient (Wildman–Crippen LogP) is 14.0. The Balaban J connectivity index is 0.000000194. The highest BCUT2D eigenvalue weighted by atomic mass is 79.9. The van der Waals surface area contributed by atoms with Crippen molar-refractivity contribution in [2.45, 2.75) is 106 Å². The van der Waals surface area contributed by atoms with E-state index in [1.54, 1.807) is 0 Å². The fraction of sp³-hybridized carbons (Fsp3) is 0.537. The van der Waals surface area contributed by atoms with Crippen LogP contribution in [0.1, 0.15) is 106 Å². The van der Waals surface area contributed by atoms with Crippen molar-refractivity contribution in [3.05, 3.63) is 143 Å². The average Bonchev–Trinajstić information content (AvgIpc) is 3.74. The second-order valence-electron chi connectivity index (χ2n) is 22.8. The molecule has 5 fully saturated rings. The van der Waals surface area contributed by atoms with Crippen molar-refractivity contribution in [2.75, 3.05) is 117 Å². The van der Waals surface area contributed by atoms with E-state index in [0.29, 0.717) is 36.6 Å². The molecule has 0 amide bonds. The molecule has 9 rings (SSSR count). The van der Waals surface area contributed by atoms with Gasteiger partial charge in [-0.2, -0.15) is 0 Å². The maximum Gasteiger partial charge on any atom is 0.311 e. The van der Waals surface area contributed by atoms with Crippen LogP contribution >= 0.6 is 15.9 Å². The van der Waals surface area contributed by atoms with Gasteiger partial charge in [-0.1, -0.05) is 103 Å². The number of benzene rings is 4. The summed E-state index contributed by atoms with van der Waals surface area (Å²) in [5.74, 6) is -0.0415. The first-order chi connectivity index (χ1) is 40.6. The summed E-state index contributed by atoms with van der Waals surface area (Å²) in [6.07, 6.45) is 9.31. The van der Waals surface area contributed by atoms with Crippen LogP contribution in [0.25, 0.3) is 19.4 Å². The summed E-state index contributed by atoms with van der Waals surface area (Å²) >= 11 is 3.60. The number of alkyl halides is 1. The molecule has 5 aliphatic rings. The average molecular weight is 1210 g/mol.